The van der Waals surface area contributed by atoms with Crippen LogP contribution in [-0.2, 0) is 33.9 Å². The summed E-state index contributed by atoms with van der Waals surface area (Å²) in [5.74, 6) is -2.50. The zero-order valence-corrected chi connectivity index (χ0v) is 22.8. The van der Waals surface area contributed by atoms with Crippen LogP contribution in [0.2, 0.25) is 0 Å². The molecule has 2 fully saturated rings. The third-order valence-corrected chi connectivity index (χ3v) is 8.36. The second-order valence-electron chi connectivity index (χ2n) is 10.5. The van der Waals surface area contributed by atoms with E-state index in [1.54, 1.807) is 16.2 Å². The number of carbonyl (C=O) groups is 2. The first-order valence-corrected chi connectivity index (χ1v) is 14.3. The number of hydrogen-bond donors (Lipinski definition) is 3. The van der Waals surface area contributed by atoms with Crippen molar-refractivity contribution in [3.8, 4) is 0 Å². The predicted molar refractivity (Wildman–Crippen MR) is 147 cm³/mol. The predicted octanol–water partition coefficient (Wildman–Crippen LogP) is 3.41. The largest absolute Gasteiger partial charge is 0.389 e. The molecule has 0 saturated carbocycles. The number of nitrogens with one attached hydrogen (secondary N) is 2. The van der Waals surface area contributed by atoms with Gasteiger partial charge < -0.3 is 25.4 Å². The first-order valence-electron chi connectivity index (χ1n) is 13.5. The molecule has 10 heteroatoms. The Morgan fingerprint density at radius 2 is 1.90 bits per heavy atom. The number of hydrogen-bond acceptors (Lipinski definition) is 6. The van der Waals surface area contributed by atoms with Crippen LogP contribution in [0.25, 0.3) is 0 Å². The van der Waals surface area contributed by atoms with E-state index in [9.17, 15) is 23.5 Å². The Balaban J connectivity index is 1.24. The van der Waals surface area contributed by atoms with E-state index in [2.05, 4.69) is 10.6 Å². The maximum absolute atomic E-state index is 13.9. The molecule has 0 radical (unpaired) electrons. The lowest BCUT2D eigenvalue weighted by atomic mass is 9.94. The maximum Gasteiger partial charge on any atom is 0.225 e. The van der Waals surface area contributed by atoms with Crippen molar-refractivity contribution in [2.75, 3.05) is 13.1 Å². The molecule has 1 aromatic heterocycles. The van der Waals surface area contributed by atoms with Gasteiger partial charge in [-0.1, -0.05) is 36.4 Å². The van der Waals surface area contributed by atoms with Gasteiger partial charge in [0.25, 0.3) is 0 Å². The third-order valence-electron chi connectivity index (χ3n) is 7.50. The Kier molecular flexibility index (Phi) is 9.21. The SMILES string of the molecule is O=C(N[C@@H](Cc1cc(F)cc(F)c1)[C@H](O)[C@H]1C[C@@H](OCc2ccccc2)CN1)[C@H]1CC(=O)N(Cc2cccs2)C1. The fraction of sp³-hybridized carbons (Fsp3) is 0.400. The molecule has 40 heavy (non-hydrogen) atoms. The molecular formula is C30H33F2N3O4S. The normalized spacial score (nSPS) is 22.4. The molecule has 0 aliphatic carbocycles. The molecule has 2 aliphatic heterocycles. The molecule has 7 nitrogen and oxygen atoms in total. The van der Waals surface area contributed by atoms with Crippen LogP contribution in [0.1, 0.15) is 28.8 Å². The van der Waals surface area contributed by atoms with Crippen molar-refractivity contribution in [2.45, 2.75) is 56.7 Å². The summed E-state index contributed by atoms with van der Waals surface area (Å²) in [7, 11) is 0. The first kappa shape index (κ1) is 28.4. The van der Waals surface area contributed by atoms with Crippen molar-refractivity contribution >= 4 is 23.2 Å². The van der Waals surface area contributed by atoms with E-state index in [1.807, 2.05) is 47.8 Å². The van der Waals surface area contributed by atoms with Gasteiger partial charge in [0, 0.05) is 36.5 Å². The molecule has 2 saturated heterocycles. The van der Waals surface area contributed by atoms with E-state index in [-0.39, 0.29) is 37.3 Å². The van der Waals surface area contributed by atoms with Gasteiger partial charge >= 0.3 is 0 Å². The summed E-state index contributed by atoms with van der Waals surface area (Å²) in [6.07, 6.45) is -0.587. The van der Waals surface area contributed by atoms with Crippen molar-refractivity contribution < 1.29 is 28.2 Å². The highest BCUT2D eigenvalue weighted by Crippen LogP contribution is 2.24. The molecule has 0 spiro atoms. The fourth-order valence-electron chi connectivity index (χ4n) is 5.42. The van der Waals surface area contributed by atoms with Gasteiger partial charge in [0.15, 0.2) is 0 Å². The molecule has 2 aliphatic rings. The number of halogens is 2. The molecule has 2 amide bonds. The van der Waals surface area contributed by atoms with Gasteiger partial charge in [-0.05, 0) is 47.5 Å². The zero-order chi connectivity index (χ0) is 28.1. The number of aliphatic hydroxyl groups excluding tert-OH is 1. The summed E-state index contributed by atoms with van der Waals surface area (Å²) >= 11 is 1.55. The first-order chi connectivity index (χ1) is 19.3. The quantitative estimate of drug-likeness (QED) is 0.329. The lowest BCUT2D eigenvalue weighted by Gasteiger charge is -2.29. The van der Waals surface area contributed by atoms with Crippen molar-refractivity contribution in [2.24, 2.45) is 5.92 Å². The van der Waals surface area contributed by atoms with Crippen LogP contribution in [0.5, 0.6) is 0 Å². The van der Waals surface area contributed by atoms with E-state index in [4.69, 9.17) is 4.74 Å². The standard InChI is InChI=1S/C30H33F2N3O4S/c31-22-9-20(10-23(32)13-22)11-27(29(37)26-14-24(15-33-26)39-18-19-5-2-1-3-6-19)34-30(38)21-12-28(36)35(16-21)17-25-7-4-8-40-25/h1-10,13,21,24,26-27,29,33,37H,11-12,14-18H2,(H,34,38)/t21-,24+,26+,27-,29+/m0/s1. The summed E-state index contributed by atoms with van der Waals surface area (Å²) in [6, 6.07) is 15.6. The number of aliphatic hydroxyl groups is 1. The molecule has 0 unspecified atom stereocenters. The zero-order valence-electron chi connectivity index (χ0n) is 22.0. The Morgan fingerprint density at radius 3 is 2.62 bits per heavy atom. The Labute approximate surface area is 236 Å². The molecule has 3 aromatic rings. The topological polar surface area (TPSA) is 90.9 Å². The van der Waals surface area contributed by atoms with Crippen molar-refractivity contribution in [1.29, 1.82) is 0 Å². The van der Waals surface area contributed by atoms with Crippen LogP contribution < -0.4 is 10.6 Å². The molecule has 3 heterocycles. The average Bonchev–Trinajstić information content (AvgIpc) is 3.69. The number of thiophene rings is 1. The van der Waals surface area contributed by atoms with Crippen molar-refractivity contribution in [1.82, 2.24) is 15.5 Å². The second kappa shape index (κ2) is 13.0. The van der Waals surface area contributed by atoms with Crippen LogP contribution >= 0.6 is 11.3 Å². The number of likely N-dealkylation sites (tertiary alicyclic amines) is 1. The van der Waals surface area contributed by atoms with Gasteiger partial charge in [-0.15, -0.1) is 11.3 Å². The van der Waals surface area contributed by atoms with E-state index in [1.165, 1.54) is 12.1 Å². The third kappa shape index (κ3) is 7.31. The number of benzene rings is 2. The maximum atomic E-state index is 13.9. The lowest BCUT2D eigenvalue weighted by Crippen LogP contribution is -2.53. The molecule has 5 rings (SSSR count). The monoisotopic (exact) mass is 569 g/mol. The summed E-state index contributed by atoms with van der Waals surface area (Å²) < 4.78 is 33.9. The van der Waals surface area contributed by atoms with Crippen molar-refractivity contribution in [3.05, 3.63) is 93.7 Å². The van der Waals surface area contributed by atoms with Crippen LogP contribution in [0.3, 0.4) is 0 Å². The summed E-state index contributed by atoms with van der Waals surface area (Å²) in [5, 5.41) is 19.5. The number of rotatable bonds is 11. The van der Waals surface area contributed by atoms with Gasteiger partial charge in [-0.2, -0.15) is 0 Å². The molecule has 0 bridgehead atoms. The van der Waals surface area contributed by atoms with Crippen LogP contribution in [0.15, 0.2) is 66.0 Å². The number of ether oxygens (including phenoxy) is 1. The van der Waals surface area contributed by atoms with Gasteiger partial charge in [-0.3, -0.25) is 9.59 Å². The Morgan fingerprint density at radius 1 is 1.12 bits per heavy atom. The Hall–Kier alpha value is -3.18. The Bertz CT molecular complexity index is 1270. The number of amides is 2. The minimum absolute atomic E-state index is 0.0227. The van der Waals surface area contributed by atoms with Crippen LogP contribution in [0.4, 0.5) is 8.78 Å². The van der Waals surface area contributed by atoms with Gasteiger partial charge in [0.2, 0.25) is 11.8 Å². The van der Waals surface area contributed by atoms with Gasteiger partial charge in [0.1, 0.15) is 11.6 Å². The number of nitrogens with zero attached hydrogens (tertiary/aromatic N) is 1. The van der Waals surface area contributed by atoms with E-state index < -0.39 is 35.7 Å². The highest BCUT2D eigenvalue weighted by molar-refractivity contribution is 7.09. The smallest absolute Gasteiger partial charge is 0.225 e. The van der Waals surface area contributed by atoms with Gasteiger partial charge in [-0.25, -0.2) is 8.78 Å². The highest BCUT2D eigenvalue weighted by atomic mass is 32.1. The molecule has 212 valence electrons. The van der Waals surface area contributed by atoms with Gasteiger partial charge in [0.05, 0.1) is 37.3 Å². The van der Waals surface area contributed by atoms with Crippen LogP contribution in [0, 0.1) is 17.6 Å². The number of carbonyl (C=O) groups excluding carboxylic acids is 2. The van der Waals surface area contributed by atoms with E-state index >= 15 is 0 Å². The van der Waals surface area contributed by atoms with Crippen molar-refractivity contribution in [3.63, 3.8) is 0 Å². The molecule has 3 N–H and O–H groups in total. The summed E-state index contributed by atoms with van der Waals surface area (Å²) in [5.41, 5.74) is 1.36. The summed E-state index contributed by atoms with van der Waals surface area (Å²) in [6.45, 7) is 1.69. The second-order valence-corrected chi connectivity index (χ2v) is 11.5. The van der Waals surface area contributed by atoms with Crippen LogP contribution in [-0.4, -0.2) is 59.2 Å². The lowest BCUT2D eigenvalue weighted by molar-refractivity contribution is -0.129. The molecule has 2 aromatic carbocycles. The minimum atomic E-state index is -1.06. The minimum Gasteiger partial charge on any atom is -0.389 e. The fourth-order valence-corrected chi connectivity index (χ4v) is 6.14. The van der Waals surface area contributed by atoms with E-state index in [0.717, 1.165) is 16.5 Å². The average molecular weight is 570 g/mol. The summed E-state index contributed by atoms with van der Waals surface area (Å²) in [4.78, 5) is 28.6. The molecule has 5 atom stereocenters. The van der Waals surface area contributed by atoms with E-state index in [0.29, 0.717) is 31.7 Å². The highest BCUT2D eigenvalue weighted by Gasteiger charge is 2.39. The molecular weight excluding hydrogens is 536 g/mol.